The highest BCUT2D eigenvalue weighted by atomic mass is 16.5. The van der Waals surface area contributed by atoms with Gasteiger partial charge in [0.05, 0.1) is 13.5 Å². The minimum atomic E-state index is -0.0965. The monoisotopic (exact) mass is 236 g/mol. The fraction of sp³-hybridized carbons (Fsp3) is 0.462. The molecule has 0 spiro atoms. The molecule has 0 unspecified atom stereocenters. The summed E-state index contributed by atoms with van der Waals surface area (Å²) in [7, 11) is 3.21. The van der Waals surface area contributed by atoms with Crippen molar-refractivity contribution in [2.45, 2.75) is 27.2 Å². The molecule has 0 fully saturated rings. The first-order valence-electron chi connectivity index (χ1n) is 5.53. The number of carbonyl (C=O) groups is 1. The average molecular weight is 236 g/mol. The van der Waals surface area contributed by atoms with Crippen LogP contribution in [-0.2, 0) is 11.2 Å². The first-order valence-corrected chi connectivity index (χ1v) is 5.53. The van der Waals surface area contributed by atoms with Crippen LogP contribution in [0.25, 0.3) is 0 Å². The molecule has 4 heteroatoms. The lowest BCUT2D eigenvalue weighted by atomic mass is 9.95. The van der Waals surface area contributed by atoms with E-state index in [1.807, 2.05) is 26.8 Å². The highest BCUT2D eigenvalue weighted by molar-refractivity contribution is 5.79. The molecule has 1 amide bonds. The van der Waals surface area contributed by atoms with Crippen LogP contribution < -0.4 is 10.6 Å². The Morgan fingerprint density at radius 2 is 1.94 bits per heavy atom. The maximum Gasteiger partial charge on any atom is 0.240 e. The molecular weight excluding hydrogens is 216 g/mol. The Bertz CT molecular complexity index is 440. The Hall–Kier alpha value is -1.55. The van der Waals surface area contributed by atoms with Gasteiger partial charge in [-0.15, -0.1) is 0 Å². The fourth-order valence-electron chi connectivity index (χ4n) is 1.86. The van der Waals surface area contributed by atoms with E-state index < -0.39 is 0 Å². The maximum absolute atomic E-state index is 11.7. The number of carbonyl (C=O) groups excluding carboxylic acids is 1. The molecule has 0 aliphatic rings. The van der Waals surface area contributed by atoms with Crippen LogP contribution in [0.3, 0.4) is 0 Å². The van der Waals surface area contributed by atoms with Crippen LogP contribution in [0.4, 0.5) is 0 Å². The number of rotatable bonds is 3. The van der Waals surface area contributed by atoms with Gasteiger partial charge in [0.2, 0.25) is 5.91 Å². The third-order valence-electron chi connectivity index (χ3n) is 3.15. The van der Waals surface area contributed by atoms with Gasteiger partial charge in [0, 0.05) is 7.05 Å². The van der Waals surface area contributed by atoms with E-state index in [2.05, 4.69) is 0 Å². The average Bonchev–Trinajstić information content (AvgIpc) is 2.28. The zero-order valence-electron chi connectivity index (χ0n) is 11.1. The number of nitrogens with zero attached hydrogens (tertiary/aromatic N) is 1. The van der Waals surface area contributed by atoms with E-state index >= 15 is 0 Å². The van der Waals surface area contributed by atoms with Crippen molar-refractivity contribution in [3.05, 3.63) is 28.3 Å². The summed E-state index contributed by atoms with van der Waals surface area (Å²) >= 11 is 0. The van der Waals surface area contributed by atoms with Gasteiger partial charge in [-0.05, 0) is 49.1 Å². The zero-order chi connectivity index (χ0) is 13.2. The summed E-state index contributed by atoms with van der Waals surface area (Å²) < 4.78 is 5.29. The van der Waals surface area contributed by atoms with Gasteiger partial charge in [-0.2, -0.15) is 0 Å². The number of aryl methyl sites for hydroxylation is 1. The van der Waals surface area contributed by atoms with Crippen molar-refractivity contribution >= 4 is 5.91 Å². The molecule has 1 rings (SSSR count). The van der Waals surface area contributed by atoms with Gasteiger partial charge >= 0.3 is 0 Å². The van der Waals surface area contributed by atoms with Gasteiger partial charge in [0.25, 0.3) is 0 Å². The van der Waals surface area contributed by atoms with Crippen molar-refractivity contribution in [2.75, 3.05) is 14.2 Å². The number of benzene rings is 1. The molecule has 0 aromatic heterocycles. The molecule has 0 aliphatic heterocycles. The Kier molecular flexibility index (Phi) is 4.12. The predicted molar refractivity (Wildman–Crippen MR) is 67.9 cm³/mol. The topological polar surface area (TPSA) is 55.6 Å². The summed E-state index contributed by atoms with van der Waals surface area (Å²) in [4.78, 5) is 11.7. The van der Waals surface area contributed by atoms with Gasteiger partial charge in [-0.25, -0.2) is 5.84 Å². The molecule has 0 saturated heterocycles. The summed E-state index contributed by atoms with van der Waals surface area (Å²) in [5.41, 5.74) is 4.25. The minimum absolute atomic E-state index is 0.0965. The molecule has 1 aromatic carbocycles. The van der Waals surface area contributed by atoms with Crippen LogP contribution in [0.5, 0.6) is 5.75 Å². The lowest BCUT2D eigenvalue weighted by Gasteiger charge is -2.17. The molecule has 0 heterocycles. The van der Waals surface area contributed by atoms with E-state index in [0.717, 1.165) is 33.0 Å². The van der Waals surface area contributed by atoms with Crippen molar-refractivity contribution in [3.63, 3.8) is 0 Å². The molecular formula is C13H20N2O2. The second kappa shape index (κ2) is 5.19. The van der Waals surface area contributed by atoms with E-state index in [1.165, 1.54) is 0 Å². The van der Waals surface area contributed by atoms with Gasteiger partial charge in [-0.3, -0.25) is 9.80 Å². The number of ether oxygens (including phenoxy) is 1. The molecule has 0 radical (unpaired) electrons. The number of hydrazine groups is 1. The maximum atomic E-state index is 11.7. The number of likely N-dealkylation sites (N-methyl/N-ethyl adjacent to an activating group) is 1. The van der Waals surface area contributed by atoms with E-state index in [9.17, 15) is 4.79 Å². The molecule has 17 heavy (non-hydrogen) atoms. The van der Waals surface area contributed by atoms with E-state index in [4.69, 9.17) is 10.6 Å². The Morgan fingerprint density at radius 3 is 2.41 bits per heavy atom. The molecule has 0 atom stereocenters. The van der Waals surface area contributed by atoms with Crippen LogP contribution >= 0.6 is 0 Å². The summed E-state index contributed by atoms with van der Waals surface area (Å²) in [6, 6.07) is 1.96. The number of amides is 1. The number of methoxy groups -OCH3 is 1. The third-order valence-corrected chi connectivity index (χ3v) is 3.15. The first kappa shape index (κ1) is 13.5. The Balaban J connectivity index is 3.17. The van der Waals surface area contributed by atoms with Gasteiger partial charge in [-0.1, -0.05) is 0 Å². The molecule has 4 nitrogen and oxygen atoms in total. The molecule has 94 valence electrons. The molecule has 2 N–H and O–H groups in total. The Labute approximate surface area is 102 Å². The van der Waals surface area contributed by atoms with Crippen LogP contribution in [0.2, 0.25) is 0 Å². The number of hydrogen-bond acceptors (Lipinski definition) is 3. The molecule has 1 aromatic rings. The fourth-order valence-corrected chi connectivity index (χ4v) is 1.86. The normalized spacial score (nSPS) is 10.2. The Morgan fingerprint density at radius 1 is 1.35 bits per heavy atom. The van der Waals surface area contributed by atoms with Gasteiger partial charge < -0.3 is 4.74 Å². The second-order valence-corrected chi connectivity index (χ2v) is 4.31. The smallest absolute Gasteiger partial charge is 0.240 e. The summed E-state index contributed by atoms with van der Waals surface area (Å²) in [5, 5.41) is 1.12. The van der Waals surface area contributed by atoms with Gasteiger partial charge in [0.15, 0.2) is 0 Å². The zero-order valence-corrected chi connectivity index (χ0v) is 11.1. The molecule has 0 saturated carbocycles. The molecule has 0 bridgehead atoms. The van der Waals surface area contributed by atoms with Crippen molar-refractivity contribution in [1.82, 2.24) is 5.01 Å². The van der Waals surface area contributed by atoms with Crippen LogP contribution in [0, 0.1) is 20.8 Å². The predicted octanol–water partition coefficient (Wildman–Crippen LogP) is 1.50. The summed E-state index contributed by atoms with van der Waals surface area (Å²) in [6.45, 7) is 5.98. The number of hydrogen-bond donors (Lipinski definition) is 1. The SMILES string of the molecule is COc1cc(C)c(CC(=O)N(C)N)c(C)c1C. The minimum Gasteiger partial charge on any atom is -0.496 e. The van der Waals surface area contributed by atoms with E-state index in [0.29, 0.717) is 6.42 Å². The van der Waals surface area contributed by atoms with Crippen LogP contribution in [-0.4, -0.2) is 25.1 Å². The largest absolute Gasteiger partial charge is 0.496 e. The highest BCUT2D eigenvalue weighted by Gasteiger charge is 2.14. The van der Waals surface area contributed by atoms with E-state index in [1.54, 1.807) is 14.2 Å². The van der Waals surface area contributed by atoms with Crippen LogP contribution in [0.15, 0.2) is 6.07 Å². The second-order valence-electron chi connectivity index (χ2n) is 4.31. The highest BCUT2D eigenvalue weighted by Crippen LogP contribution is 2.27. The third kappa shape index (κ3) is 2.77. The summed E-state index contributed by atoms with van der Waals surface area (Å²) in [5.74, 6) is 6.20. The van der Waals surface area contributed by atoms with Crippen molar-refractivity contribution in [2.24, 2.45) is 5.84 Å². The van der Waals surface area contributed by atoms with E-state index in [-0.39, 0.29) is 5.91 Å². The number of nitrogens with two attached hydrogens (primary N) is 1. The summed E-state index contributed by atoms with van der Waals surface area (Å²) in [6.07, 6.45) is 0.329. The lowest BCUT2D eigenvalue weighted by Crippen LogP contribution is -2.34. The quantitative estimate of drug-likeness (QED) is 0.491. The van der Waals surface area contributed by atoms with Crippen molar-refractivity contribution < 1.29 is 9.53 Å². The standard InChI is InChI=1S/C13H20N2O2/c1-8-6-12(17-5)10(3)9(2)11(8)7-13(16)15(4)14/h6H,7,14H2,1-5H3. The van der Waals surface area contributed by atoms with Gasteiger partial charge in [0.1, 0.15) is 5.75 Å². The van der Waals surface area contributed by atoms with Crippen molar-refractivity contribution in [3.8, 4) is 5.75 Å². The van der Waals surface area contributed by atoms with Crippen molar-refractivity contribution in [1.29, 1.82) is 0 Å². The van der Waals surface area contributed by atoms with Crippen LogP contribution in [0.1, 0.15) is 22.3 Å². The molecule has 0 aliphatic carbocycles. The first-order chi connectivity index (χ1) is 7.88. The lowest BCUT2D eigenvalue weighted by molar-refractivity contribution is -0.129.